The first-order chi connectivity index (χ1) is 5.18. The van der Waals surface area contributed by atoms with Crippen LogP contribution in [0.1, 0.15) is 5.56 Å². The van der Waals surface area contributed by atoms with Crippen LogP contribution in [0, 0.1) is 0 Å². The first-order valence-corrected chi connectivity index (χ1v) is 5.91. The van der Waals surface area contributed by atoms with Gasteiger partial charge >= 0.3 is 0 Å². The van der Waals surface area contributed by atoms with E-state index in [1.54, 1.807) is 6.66 Å². The number of benzene rings is 1. The zero-order valence-electron chi connectivity index (χ0n) is 6.30. The molecule has 0 heterocycles. The fraction of sp³-hybridized carbons (Fsp3) is 0.250. The highest BCUT2D eigenvalue weighted by molar-refractivity contribution is 7.42. The minimum absolute atomic E-state index is 0.682. The first kappa shape index (κ1) is 8.83. The van der Waals surface area contributed by atoms with Crippen molar-refractivity contribution in [2.24, 2.45) is 0 Å². The summed E-state index contributed by atoms with van der Waals surface area (Å²) in [6, 6.07) is 7.46. The van der Waals surface area contributed by atoms with Crippen LogP contribution in [0.5, 0.6) is 0 Å². The summed E-state index contributed by atoms with van der Waals surface area (Å²) in [7, 11) is -1.39. The third-order valence-electron chi connectivity index (χ3n) is 1.37. The summed E-state index contributed by atoms with van der Waals surface area (Å²) in [5, 5.41) is 0.726. The minimum Gasteiger partial charge on any atom is -0.327 e. The highest BCUT2D eigenvalue weighted by atomic mass is 35.5. The molecule has 0 aliphatic rings. The molecule has 0 N–H and O–H groups in total. The molecule has 0 saturated heterocycles. The summed E-state index contributed by atoms with van der Waals surface area (Å²) in [6.45, 7) is 1.76. The summed E-state index contributed by atoms with van der Waals surface area (Å²) < 4.78 is 10.9. The fourth-order valence-corrected chi connectivity index (χ4v) is 1.83. The quantitative estimate of drug-likeness (QED) is 0.652. The van der Waals surface area contributed by atoms with E-state index in [9.17, 15) is 4.57 Å². The van der Waals surface area contributed by atoms with Gasteiger partial charge in [-0.05, 0) is 24.4 Å². The van der Waals surface area contributed by atoms with Gasteiger partial charge in [-0.3, -0.25) is 0 Å². The predicted molar refractivity (Wildman–Crippen MR) is 50.1 cm³/mol. The molecular formula is C8H10ClOP. The molecule has 0 amide bonds. The average molecular weight is 189 g/mol. The molecule has 1 unspecified atom stereocenters. The Hall–Kier alpha value is -0.260. The third kappa shape index (κ3) is 3.09. The Morgan fingerprint density at radius 2 is 1.91 bits per heavy atom. The van der Waals surface area contributed by atoms with Gasteiger partial charge < -0.3 is 4.57 Å². The van der Waals surface area contributed by atoms with Crippen LogP contribution in [0.4, 0.5) is 0 Å². The maximum atomic E-state index is 10.9. The lowest BCUT2D eigenvalue weighted by Crippen LogP contribution is -1.77. The molecule has 0 fully saturated rings. The summed E-state index contributed by atoms with van der Waals surface area (Å²) in [6.07, 6.45) is 0.682. The second-order valence-electron chi connectivity index (χ2n) is 2.51. The molecular weight excluding hydrogens is 179 g/mol. The van der Waals surface area contributed by atoms with E-state index in [1.165, 1.54) is 0 Å². The van der Waals surface area contributed by atoms with Gasteiger partial charge in [-0.2, -0.15) is 0 Å². The number of hydrogen-bond donors (Lipinski definition) is 0. The molecule has 0 aromatic heterocycles. The molecule has 0 bridgehead atoms. The summed E-state index contributed by atoms with van der Waals surface area (Å²) in [4.78, 5) is 0. The maximum absolute atomic E-state index is 10.9. The number of rotatable bonds is 2. The lowest BCUT2D eigenvalue weighted by atomic mass is 10.2. The number of hydrogen-bond acceptors (Lipinski definition) is 1. The SMILES string of the molecule is C[PH](=O)Cc1ccc(Cl)cc1. The molecule has 11 heavy (non-hydrogen) atoms. The lowest BCUT2D eigenvalue weighted by molar-refractivity contribution is 0.590. The summed E-state index contributed by atoms with van der Waals surface area (Å²) >= 11 is 5.68. The molecule has 0 spiro atoms. The second kappa shape index (κ2) is 3.94. The number of halogens is 1. The predicted octanol–water partition coefficient (Wildman–Crippen LogP) is 3.03. The van der Waals surface area contributed by atoms with E-state index in [1.807, 2.05) is 24.3 Å². The molecule has 60 valence electrons. The van der Waals surface area contributed by atoms with Gasteiger partial charge in [-0.1, -0.05) is 23.7 Å². The van der Waals surface area contributed by atoms with Gasteiger partial charge in [0, 0.05) is 11.2 Å². The van der Waals surface area contributed by atoms with Crippen LogP contribution < -0.4 is 0 Å². The highest BCUT2D eigenvalue weighted by Gasteiger charge is 1.94. The zero-order valence-corrected chi connectivity index (χ0v) is 8.06. The van der Waals surface area contributed by atoms with Crippen molar-refractivity contribution in [1.29, 1.82) is 0 Å². The van der Waals surface area contributed by atoms with Crippen molar-refractivity contribution in [3.05, 3.63) is 34.9 Å². The van der Waals surface area contributed by atoms with Crippen molar-refractivity contribution in [3.63, 3.8) is 0 Å². The van der Waals surface area contributed by atoms with Crippen LogP contribution in [0.3, 0.4) is 0 Å². The lowest BCUT2D eigenvalue weighted by Gasteiger charge is -1.96. The van der Waals surface area contributed by atoms with E-state index in [-0.39, 0.29) is 0 Å². The first-order valence-electron chi connectivity index (χ1n) is 3.42. The van der Waals surface area contributed by atoms with Crippen molar-refractivity contribution in [2.45, 2.75) is 6.16 Å². The van der Waals surface area contributed by atoms with Gasteiger partial charge in [0.05, 0.1) is 7.80 Å². The second-order valence-corrected chi connectivity index (χ2v) is 4.70. The van der Waals surface area contributed by atoms with E-state index in [0.29, 0.717) is 6.16 Å². The average Bonchev–Trinajstić information content (AvgIpc) is 1.93. The van der Waals surface area contributed by atoms with Crippen LogP contribution in [0.2, 0.25) is 5.02 Å². The molecule has 0 saturated carbocycles. The Kier molecular flexibility index (Phi) is 3.16. The van der Waals surface area contributed by atoms with E-state index < -0.39 is 7.80 Å². The fourth-order valence-electron chi connectivity index (χ4n) is 0.890. The van der Waals surface area contributed by atoms with E-state index in [0.717, 1.165) is 10.6 Å². The van der Waals surface area contributed by atoms with Gasteiger partial charge in [-0.25, -0.2) is 0 Å². The Morgan fingerprint density at radius 3 is 2.36 bits per heavy atom. The molecule has 1 atom stereocenters. The highest BCUT2D eigenvalue weighted by Crippen LogP contribution is 2.22. The molecule has 0 radical (unpaired) electrons. The maximum Gasteiger partial charge on any atom is 0.0774 e. The standard InChI is InChI=1S/C8H10ClOP/c1-11(10)6-7-2-4-8(9)5-3-7/h2-5,11H,6H2,1H3. The topological polar surface area (TPSA) is 17.1 Å². The van der Waals surface area contributed by atoms with Gasteiger partial charge in [0.1, 0.15) is 0 Å². The molecule has 1 aromatic rings. The normalized spacial score (nSPS) is 12.9. The minimum atomic E-state index is -1.39. The van der Waals surface area contributed by atoms with Gasteiger partial charge in [0.2, 0.25) is 0 Å². The van der Waals surface area contributed by atoms with Crippen molar-refractivity contribution >= 4 is 19.4 Å². The van der Waals surface area contributed by atoms with Gasteiger partial charge in [0.15, 0.2) is 0 Å². The zero-order chi connectivity index (χ0) is 8.27. The van der Waals surface area contributed by atoms with Crippen LogP contribution >= 0.6 is 19.4 Å². The van der Waals surface area contributed by atoms with Gasteiger partial charge in [-0.15, -0.1) is 0 Å². The van der Waals surface area contributed by atoms with Crippen molar-refractivity contribution < 1.29 is 4.57 Å². The van der Waals surface area contributed by atoms with Crippen molar-refractivity contribution in [3.8, 4) is 0 Å². The molecule has 0 aliphatic heterocycles. The Bertz CT molecular complexity index is 255. The largest absolute Gasteiger partial charge is 0.327 e. The summed E-state index contributed by atoms with van der Waals surface area (Å²) in [5.74, 6) is 0. The molecule has 1 nitrogen and oxygen atoms in total. The molecule has 3 heteroatoms. The van der Waals surface area contributed by atoms with E-state index in [2.05, 4.69) is 0 Å². The van der Waals surface area contributed by atoms with Crippen molar-refractivity contribution in [2.75, 3.05) is 6.66 Å². The Morgan fingerprint density at radius 1 is 1.36 bits per heavy atom. The van der Waals surface area contributed by atoms with Crippen LogP contribution in [0.15, 0.2) is 24.3 Å². The smallest absolute Gasteiger partial charge is 0.0774 e. The Labute approximate surface area is 72.2 Å². The van der Waals surface area contributed by atoms with E-state index >= 15 is 0 Å². The van der Waals surface area contributed by atoms with Crippen LogP contribution in [-0.4, -0.2) is 6.66 Å². The molecule has 0 aliphatic carbocycles. The van der Waals surface area contributed by atoms with Gasteiger partial charge in [0.25, 0.3) is 0 Å². The molecule has 1 aromatic carbocycles. The third-order valence-corrected chi connectivity index (χ3v) is 2.52. The van der Waals surface area contributed by atoms with E-state index in [4.69, 9.17) is 11.6 Å². The van der Waals surface area contributed by atoms with Crippen molar-refractivity contribution in [1.82, 2.24) is 0 Å². The Balaban J connectivity index is 2.74. The monoisotopic (exact) mass is 188 g/mol. The molecule has 1 rings (SSSR count). The summed E-state index contributed by atoms with van der Waals surface area (Å²) in [5.41, 5.74) is 1.10. The van der Waals surface area contributed by atoms with Crippen LogP contribution in [0.25, 0.3) is 0 Å². The van der Waals surface area contributed by atoms with Crippen LogP contribution in [-0.2, 0) is 10.7 Å².